The molecule has 0 aromatic heterocycles. The highest BCUT2D eigenvalue weighted by atomic mass is 16.5. The summed E-state index contributed by atoms with van der Waals surface area (Å²) in [4.78, 5) is 11.2. The first-order valence-corrected chi connectivity index (χ1v) is 7.10. The van der Waals surface area contributed by atoms with Crippen LogP contribution in [-0.2, 0) is 9.53 Å². The van der Waals surface area contributed by atoms with Crippen molar-refractivity contribution in [3.05, 3.63) is 35.5 Å². The van der Waals surface area contributed by atoms with Crippen LogP contribution in [0.1, 0.15) is 53.9 Å². The van der Waals surface area contributed by atoms with Crippen molar-refractivity contribution in [2.45, 2.75) is 53.9 Å². The minimum Gasteiger partial charge on any atom is -0.463 e. The minimum absolute atomic E-state index is 0.263. The van der Waals surface area contributed by atoms with Crippen molar-refractivity contribution in [3.8, 4) is 0 Å². The smallest absolute Gasteiger partial charge is 0.330 e. The summed E-state index contributed by atoms with van der Waals surface area (Å²) in [6.45, 7) is 10.7. The maximum Gasteiger partial charge on any atom is 0.330 e. The Kier molecular flexibility index (Phi) is 9.87. The Morgan fingerprint density at radius 3 is 2.53 bits per heavy atom. The number of allylic oxidation sites excluding steroid dienone is 5. The molecule has 0 aliphatic heterocycles. The van der Waals surface area contributed by atoms with E-state index in [9.17, 15) is 4.79 Å². The SMILES string of the molecule is CCOC(=O)/C=C(C)/C=C/CC(C)CCC=C(C)C. The van der Waals surface area contributed by atoms with Gasteiger partial charge in [0.15, 0.2) is 0 Å². The van der Waals surface area contributed by atoms with Gasteiger partial charge in [-0.2, -0.15) is 0 Å². The molecule has 0 fully saturated rings. The van der Waals surface area contributed by atoms with Crippen molar-refractivity contribution in [1.29, 1.82) is 0 Å². The number of hydrogen-bond donors (Lipinski definition) is 0. The summed E-state index contributed by atoms with van der Waals surface area (Å²) in [5.74, 6) is 0.406. The van der Waals surface area contributed by atoms with Gasteiger partial charge in [-0.15, -0.1) is 0 Å². The van der Waals surface area contributed by atoms with Gasteiger partial charge in [-0.05, 0) is 58.4 Å². The average molecular weight is 264 g/mol. The van der Waals surface area contributed by atoms with Crippen molar-refractivity contribution in [2.75, 3.05) is 6.61 Å². The second-order valence-electron chi connectivity index (χ2n) is 5.24. The summed E-state index contributed by atoms with van der Waals surface area (Å²) < 4.78 is 4.86. The Balaban J connectivity index is 4.00. The zero-order valence-electron chi connectivity index (χ0n) is 13.0. The summed E-state index contributed by atoms with van der Waals surface area (Å²) in [6, 6.07) is 0. The van der Waals surface area contributed by atoms with E-state index >= 15 is 0 Å². The van der Waals surface area contributed by atoms with Crippen LogP contribution in [-0.4, -0.2) is 12.6 Å². The van der Waals surface area contributed by atoms with E-state index in [1.807, 2.05) is 19.9 Å². The lowest BCUT2D eigenvalue weighted by atomic mass is 10.0. The molecule has 0 aliphatic carbocycles. The van der Waals surface area contributed by atoms with Gasteiger partial charge in [-0.1, -0.05) is 30.7 Å². The fourth-order valence-electron chi connectivity index (χ4n) is 1.68. The lowest BCUT2D eigenvalue weighted by Crippen LogP contribution is -1.99. The van der Waals surface area contributed by atoms with E-state index in [4.69, 9.17) is 4.74 Å². The van der Waals surface area contributed by atoms with Crippen LogP contribution in [0.5, 0.6) is 0 Å². The highest BCUT2D eigenvalue weighted by molar-refractivity contribution is 5.83. The quantitative estimate of drug-likeness (QED) is 0.272. The lowest BCUT2D eigenvalue weighted by Gasteiger charge is -2.06. The molecule has 0 N–H and O–H groups in total. The third-order valence-electron chi connectivity index (χ3n) is 2.76. The maximum atomic E-state index is 11.2. The van der Waals surface area contributed by atoms with Crippen LogP contribution in [0.3, 0.4) is 0 Å². The van der Waals surface area contributed by atoms with E-state index < -0.39 is 0 Å². The normalized spacial score (nSPS) is 13.4. The number of hydrogen-bond acceptors (Lipinski definition) is 2. The predicted octanol–water partition coefficient (Wildman–Crippen LogP) is 4.82. The van der Waals surface area contributed by atoms with Gasteiger partial charge < -0.3 is 4.74 Å². The second-order valence-corrected chi connectivity index (χ2v) is 5.24. The van der Waals surface area contributed by atoms with Gasteiger partial charge in [0, 0.05) is 6.08 Å². The first-order chi connectivity index (χ1) is 8.95. The maximum absolute atomic E-state index is 11.2. The molecule has 0 rings (SSSR count). The molecular weight excluding hydrogens is 236 g/mol. The molecule has 0 heterocycles. The van der Waals surface area contributed by atoms with Gasteiger partial charge in [0.2, 0.25) is 0 Å². The molecule has 0 saturated carbocycles. The number of esters is 1. The molecule has 0 saturated heterocycles. The van der Waals surface area contributed by atoms with Crippen LogP contribution < -0.4 is 0 Å². The Labute approximate surface area is 118 Å². The van der Waals surface area contributed by atoms with E-state index in [1.54, 1.807) is 0 Å². The Bertz CT molecular complexity index is 344. The molecule has 0 aromatic rings. The van der Waals surface area contributed by atoms with Crippen LogP contribution in [0.2, 0.25) is 0 Å². The summed E-state index contributed by atoms with van der Waals surface area (Å²) >= 11 is 0. The zero-order valence-corrected chi connectivity index (χ0v) is 13.0. The summed E-state index contributed by atoms with van der Waals surface area (Å²) in [5.41, 5.74) is 2.32. The zero-order chi connectivity index (χ0) is 14.7. The topological polar surface area (TPSA) is 26.3 Å². The van der Waals surface area contributed by atoms with E-state index in [0.717, 1.165) is 18.4 Å². The summed E-state index contributed by atoms with van der Waals surface area (Å²) in [7, 11) is 0. The van der Waals surface area contributed by atoms with E-state index in [1.165, 1.54) is 18.1 Å². The van der Waals surface area contributed by atoms with Crippen LogP contribution in [0.25, 0.3) is 0 Å². The van der Waals surface area contributed by atoms with Gasteiger partial charge in [0.1, 0.15) is 0 Å². The van der Waals surface area contributed by atoms with E-state index in [0.29, 0.717) is 12.5 Å². The van der Waals surface area contributed by atoms with Crippen molar-refractivity contribution in [3.63, 3.8) is 0 Å². The Morgan fingerprint density at radius 1 is 1.26 bits per heavy atom. The first-order valence-electron chi connectivity index (χ1n) is 7.10. The Morgan fingerprint density at radius 2 is 1.95 bits per heavy atom. The molecule has 19 heavy (non-hydrogen) atoms. The third kappa shape index (κ3) is 11.5. The van der Waals surface area contributed by atoms with Crippen LogP contribution in [0.15, 0.2) is 35.5 Å². The van der Waals surface area contributed by atoms with Gasteiger partial charge >= 0.3 is 5.97 Å². The van der Waals surface area contributed by atoms with Crippen LogP contribution in [0, 0.1) is 5.92 Å². The van der Waals surface area contributed by atoms with Crippen molar-refractivity contribution < 1.29 is 9.53 Å². The molecule has 0 bridgehead atoms. The molecule has 0 spiro atoms. The molecule has 108 valence electrons. The first kappa shape index (κ1) is 17.7. The molecule has 0 aliphatic rings. The second kappa shape index (κ2) is 10.6. The minimum atomic E-state index is -0.263. The Hall–Kier alpha value is -1.31. The molecule has 1 atom stereocenters. The lowest BCUT2D eigenvalue weighted by molar-refractivity contribution is -0.137. The molecule has 0 aromatic carbocycles. The molecule has 2 nitrogen and oxygen atoms in total. The van der Waals surface area contributed by atoms with Crippen LogP contribution in [0.4, 0.5) is 0 Å². The van der Waals surface area contributed by atoms with Crippen molar-refractivity contribution in [1.82, 2.24) is 0 Å². The number of carbonyl (C=O) groups excluding carboxylic acids is 1. The third-order valence-corrected chi connectivity index (χ3v) is 2.76. The number of rotatable bonds is 8. The van der Waals surface area contributed by atoms with Gasteiger partial charge in [0.25, 0.3) is 0 Å². The number of ether oxygens (including phenoxy) is 1. The summed E-state index contributed by atoms with van der Waals surface area (Å²) in [5, 5.41) is 0. The highest BCUT2D eigenvalue weighted by Gasteiger charge is 1.99. The largest absolute Gasteiger partial charge is 0.463 e. The van der Waals surface area contributed by atoms with Gasteiger partial charge in [-0.3, -0.25) is 0 Å². The highest BCUT2D eigenvalue weighted by Crippen LogP contribution is 2.13. The van der Waals surface area contributed by atoms with Gasteiger partial charge in [0.05, 0.1) is 6.61 Å². The molecule has 2 heteroatoms. The summed E-state index contributed by atoms with van der Waals surface area (Å²) in [6.07, 6.45) is 11.3. The van der Waals surface area contributed by atoms with Gasteiger partial charge in [-0.25, -0.2) is 4.79 Å². The molecule has 0 amide bonds. The van der Waals surface area contributed by atoms with Crippen molar-refractivity contribution >= 4 is 5.97 Å². The van der Waals surface area contributed by atoms with E-state index in [2.05, 4.69) is 32.9 Å². The predicted molar refractivity (Wildman–Crippen MR) is 82.0 cm³/mol. The monoisotopic (exact) mass is 264 g/mol. The number of carbonyl (C=O) groups is 1. The van der Waals surface area contributed by atoms with E-state index in [-0.39, 0.29) is 5.97 Å². The standard InChI is InChI=1S/C17H28O2/c1-6-19-17(18)13-16(5)12-8-11-15(4)10-7-9-14(2)3/h8-9,12-13,15H,6-7,10-11H2,1-5H3/b12-8+,16-13+. The fourth-order valence-corrected chi connectivity index (χ4v) is 1.68. The molecule has 1 unspecified atom stereocenters. The van der Waals surface area contributed by atoms with Crippen LogP contribution >= 0.6 is 0 Å². The average Bonchev–Trinajstić information content (AvgIpc) is 2.28. The van der Waals surface area contributed by atoms with Crippen molar-refractivity contribution in [2.24, 2.45) is 5.92 Å². The fraction of sp³-hybridized carbons (Fsp3) is 0.588. The molecular formula is C17H28O2. The molecule has 0 radical (unpaired) electrons.